The Morgan fingerprint density at radius 1 is 1.20 bits per heavy atom. The topological polar surface area (TPSA) is 87.9 Å². The van der Waals surface area contributed by atoms with E-state index in [4.69, 9.17) is 17.7 Å². The van der Waals surface area contributed by atoms with Gasteiger partial charge in [0.05, 0.1) is 30.3 Å². The number of hydrogen-bond acceptors (Lipinski definition) is 6. The Bertz CT molecular complexity index is 930. The van der Waals surface area contributed by atoms with Crippen LogP contribution in [0.1, 0.15) is 39.4 Å². The van der Waals surface area contributed by atoms with Crippen LogP contribution in [0, 0.1) is 10.1 Å². The average Bonchev–Trinajstić information content (AvgIpc) is 2.62. The molecule has 0 aliphatic carbocycles. The number of fused-ring (bicyclic) bond motifs is 1. The van der Waals surface area contributed by atoms with Crippen molar-refractivity contribution in [3.63, 3.8) is 0 Å². The fourth-order valence-electron chi connectivity index (χ4n) is 2.22. The minimum absolute atomic E-state index is 0.101. The van der Waals surface area contributed by atoms with Gasteiger partial charge in [-0.2, -0.15) is 0 Å². The van der Waals surface area contributed by atoms with Crippen molar-refractivity contribution in [2.45, 2.75) is 25.6 Å². The zero-order valence-corrected chi connectivity index (χ0v) is 13.3. The highest BCUT2D eigenvalue weighted by molar-refractivity contribution is 5.86. The SMILES string of the molecule is [2H]C([2H])([2H])Oc1ccc2cc([C@@H](C(=O)OCCCCO[N+](=O)[O-])C([2H])([2H])[2H])ccc2c1. The molecule has 2 aromatic carbocycles. The quantitative estimate of drug-likeness (QED) is 0.297. The summed E-state index contributed by atoms with van der Waals surface area (Å²) in [6, 6.07) is 9.06. The van der Waals surface area contributed by atoms with Gasteiger partial charge in [0.25, 0.3) is 5.09 Å². The number of unbranched alkanes of at least 4 members (excludes halogenated alkanes) is 1. The molecule has 2 rings (SSSR count). The molecule has 0 heterocycles. The molecule has 0 saturated carbocycles. The highest BCUT2D eigenvalue weighted by Crippen LogP contribution is 2.25. The van der Waals surface area contributed by atoms with Gasteiger partial charge in [-0.1, -0.05) is 24.3 Å². The van der Waals surface area contributed by atoms with Crippen LogP contribution in [0.4, 0.5) is 0 Å². The van der Waals surface area contributed by atoms with Crippen LogP contribution in [0.3, 0.4) is 0 Å². The molecule has 0 fully saturated rings. The lowest BCUT2D eigenvalue weighted by molar-refractivity contribution is -0.757. The molecule has 0 spiro atoms. The Labute approximate surface area is 154 Å². The van der Waals surface area contributed by atoms with Crippen molar-refractivity contribution in [1.82, 2.24) is 0 Å². The fraction of sp³-hybridized carbons (Fsp3) is 0.389. The molecule has 0 aromatic heterocycles. The summed E-state index contributed by atoms with van der Waals surface area (Å²) in [6.07, 6.45) is 0.542. The summed E-state index contributed by atoms with van der Waals surface area (Å²) in [4.78, 5) is 26.7. The molecule has 0 aliphatic heterocycles. The first kappa shape index (κ1) is 11.7. The fourth-order valence-corrected chi connectivity index (χ4v) is 2.22. The van der Waals surface area contributed by atoms with E-state index in [-0.39, 0.29) is 37.4 Å². The Hall–Kier alpha value is -2.83. The standard InChI is InChI=1S/C18H21NO6/c1-13(18(20)24-9-3-4-10-25-19(21)22)14-5-6-16-12-17(23-2)8-7-15(16)11-14/h5-8,11-13H,3-4,9-10H2,1-2H3/t13-/m0/s1/i1D3,2D3. The summed E-state index contributed by atoms with van der Waals surface area (Å²) in [7, 11) is -2.60. The maximum Gasteiger partial charge on any atom is 0.313 e. The molecule has 0 N–H and O–H groups in total. The highest BCUT2D eigenvalue weighted by atomic mass is 16.9. The van der Waals surface area contributed by atoms with Gasteiger partial charge in [-0.3, -0.25) is 4.79 Å². The van der Waals surface area contributed by atoms with Gasteiger partial charge in [0.2, 0.25) is 0 Å². The molecule has 0 saturated heterocycles. The smallest absolute Gasteiger partial charge is 0.313 e. The van der Waals surface area contributed by atoms with Gasteiger partial charge in [-0.25, -0.2) is 0 Å². The van der Waals surface area contributed by atoms with E-state index >= 15 is 0 Å². The third kappa shape index (κ3) is 5.34. The van der Waals surface area contributed by atoms with Gasteiger partial charge < -0.3 is 14.3 Å². The molecule has 7 nitrogen and oxygen atoms in total. The second kappa shape index (κ2) is 8.86. The number of benzene rings is 2. The largest absolute Gasteiger partial charge is 0.497 e. The first-order chi connectivity index (χ1) is 14.4. The molecular formula is C18H21NO6. The van der Waals surface area contributed by atoms with Crippen LogP contribution in [0.15, 0.2) is 36.4 Å². The second-order valence-corrected chi connectivity index (χ2v) is 5.23. The van der Waals surface area contributed by atoms with E-state index < -0.39 is 30.9 Å². The molecule has 25 heavy (non-hydrogen) atoms. The van der Waals surface area contributed by atoms with Crippen molar-refractivity contribution >= 4 is 16.7 Å². The van der Waals surface area contributed by atoms with Crippen LogP contribution >= 0.6 is 0 Å². The summed E-state index contributed by atoms with van der Waals surface area (Å²) in [5.74, 6) is -2.32. The lowest BCUT2D eigenvalue weighted by atomic mass is 9.98. The van der Waals surface area contributed by atoms with E-state index in [1.54, 1.807) is 12.1 Å². The third-order valence-corrected chi connectivity index (χ3v) is 3.50. The van der Waals surface area contributed by atoms with Gasteiger partial charge in [-0.05, 0) is 48.2 Å². The minimum Gasteiger partial charge on any atom is -0.497 e. The van der Waals surface area contributed by atoms with Crippen LogP contribution in [0.2, 0.25) is 0 Å². The van der Waals surface area contributed by atoms with E-state index in [0.717, 1.165) is 0 Å². The maximum absolute atomic E-state index is 12.5. The minimum atomic E-state index is -2.66. The van der Waals surface area contributed by atoms with Crippen LogP contribution in [0.25, 0.3) is 10.8 Å². The zero-order valence-electron chi connectivity index (χ0n) is 19.3. The Morgan fingerprint density at radius 2 is 1.96 bits per heavy atom. The van der Waals surface area contributed by atoms with Gasteiger partial charge in [-0.15, -0.1) is 10.1 Å². The molecule has 0 amide bonds. The summed E-state index contributed by atoms with van der Waals surface area (Å²) in [5.41, 5.74) is 0.221. The zero-order chi connectivity index (χ0) is 23.2. The molecule has 0 radical (unpaired) electrons. The Kier molecular flexibility index (Phi) is 4.14. The monoisotopic (exact) mass is 353 g/mol. The van der Waals surface area contributed by atoms with E-state index in [1.807, 2.05) is 0 Å². The highest BCUT2D eigenvalue weighted by Gasteiger charge is 2.17. The number of ether oxygens (including phenoxy) is 2. The van der Waals surface area contributed by atoms with Gasteiger partial charge in [0, 0.05) is 4.11 Å². The number of carbonyl (C=O) groups excluding carboxylic acids is 1. The molecule has 134 valence electrons. The molecular weight excluding hydrogens is 326 g/mol. The lowest BCUT2D eigenvalue weighted by Crippen LogP contribution is -2.14. The number of carbonyl (C=O) groups is 1. The average molecular weight is 353 g/mol. The molecule has 7 heteroatoms. The van der Waals surface area contributed by atoms with Gasteiger partial charge >= 0.3 is 5.97 Å². The number of methoxy groups -OCH3 is 1. The maximum atomic E-state index is 12.5. The summed E-state index contributed by atoms with van der Waals surface area (Å²) in [5, 5.41) is 10.3. The van der Waals surface area contributed by atoms with Crippen molar-refractivity contribution in [2.24, 2.45) is 0 Å². The number of esters is 1. The van der Waals surface area contributed by atoms with Crippen LogP contribution < -0.4 is 4.74 Å². The molecule has 0 bridgehead atoms. The van der Waals surface area contributed by atoms with Crippen molar-refractivity contribution in [2.75, 3.05) is 20.3 Å². The van der Waals surface area contributed by atoms with Gasteiger partial charge in [0.15, 0.2) is 0 Å². The van der Waals surface area contributed by atoms with Crippen LogP contribution in [-0.4, -0.2) is 31.3 Å². The number of hydrogen-bond donors (Lipinski definition) is 0. The normalized spacial score (nSPS) is 16.3. The third-order valence-electron chi connectivity index (χ3n) is 3.50. The van der Waals surface area contributed by atoms with E-state index in [2.05, 4.69) is 4.84 Å². The first-order valence-corrected chi connectivity index (χ1v) is 7.53. The van der Waals surface area contributed by atoms with Crippen molar-refractivity contribution < 1.29 is 32.4 Å². The molecule has 1 atom stereocenters. The van der Waals surface area contributed by atoms with Crippen molar-refractivity contribution in [1.29, 1.82) is 0 Å². The van der Waals surface area contributed by atoms with Crippen LogP contribution in [0.5, 0.6) is 5.75 Å². The summed E-state index contributed by atoms with van der Waals surface area (Å²) >= 11 is 0. The predicted octanol–water partition coefficient (Wildman–Crippen LogP) is 3.48. The van der Waals surface area contributed by atoms with Crippen molar-refractivity contribution in [3.8, 4) is 5.75 Å². The second-order valence-electron chi connectivity index (χ2n) is 5.23. The Balaban J connectivity index is 2.13. The summed E-state index contributed by atoms with van der Waals surface area (Å²) in [6.45, 7) is -2.91. The number of nitrogens with zero attached hydrogens (tertiary/aromatic N) is 1. The molecule has 0 aliphatic rings. The lowest BCUT2D eigenvalue weighted by Gasteiger charge is -2.13. The van der Waals surface area contributed by atoms with E-state index in [1.165, 1.54) is 24.3 Å². The molecule has 0 unspecified atom stereocenters. The van der Waals surface area contributed by atoms with Crippen LogP contribution in [-0.2, 0) is 14.4 Å². The van der Waals surface area contributed by atoms with Gasteiger partial charge in [0.1, 0.15) is 5.75 Å². The predicted molar refractivity (Wildman–Crippen MR) is 92.1 cm³/mol. The van der Waals surface area contributed by atoms with E-state index in [9.17, 15) is 14.9 Å². The Morgan fingerprint density at radius 3 is 2.72 bits per heavy atom. The summed E-state index contributed by atoms with van der Waals surface area (Å²) < 4.78 is 54.6. The van der Waals surface area contributed by atoms with E-state index in [0.29, 0.717) is 10.8 Å². The first-order valence-electron chi connectivity index (χ1n) is 10.5. The number of rotatable bonds is 9. The van der Waals surface area contributed by atoms with Crippen molar-refractivity contribution in [3.05, 3.63) is 52.1 Å². The molecule has 2 aromatic rings.